The normalized spacial score (nSPS) is 13.4. The molecule has 0 aromatic heterocycles. The Bertz CT molecular complexity index is 84.5. The third-order valence-electron chi connectivity index (χ3n) is 0.962. The summed E-state index contributed by atoms with van der Waals surface area (Å²) >= 11 is 3.92. The van der Waals surface area contributed by atoms with Gasteiger partial charge in [-0.2, -0.15) is 12.6 Å². The van der Waals surface area contributed by atoms with E-state index >= 15 is 0 Å². The van der Waals surface area contributed by atoms with E-state index < -0.39 is 0 Å². The molecule has 0 heterocycles. The molecule has 0 aliphatic rings. The average Bonchev–Trinajstić information content (AvgIpc) is 1.67. The molecule has 0 aliphatic heterocycles. The molecule has 0 aromatic rings. The Morgan fingerprint density at radius 1 is 1.88 bits per heavy atom. The molecule has 2 nitrogen and oxygen atoms in total. The van der Waals surface area contributed by atoms with Gasteiger partial charge in [0.1, 0.15) is 5.78 Å². The lowest BCUT2D eigenvalue weighted by atomic mass is 10.2. The highest BCUT2D eigenvalue weighted by Crippen LogP contribution is 1.90. The summed E-state index contributed by atoms with van der Waals surface area (Å²) < 4.78 is 0. The van der Waals surface area contributed by atoms with Gasteiger partial charge in [0.05, 0.1) is 6.04 Å². The van der Waals surface area contributed by atoms with Crippen molar-refractivity contribution in [3.63, 3.8) is 0 Å². The number of hydrogen-bond donors (Lipinski definition) is 2. The molecule has 0 rings (SSSR count). The number of thiol groups is 1. The Labute approximate surface area is 54.9 Å². The molecule has 8 heavy (non-hydrogen) atoms. The van der Waals surface area contributed by atoms with Crippen LogP contribution in [0, 0.1) is 0 Å². The molecule has 1 unspecified atom stereocenters. The van der Waals surface area contributed by atoms with Crippen LogP contribution in [-0.4, -0.2) is 17.6 Å². The van der Waals surface area contributed by atoms with Gasteiger partial charge in [0, 0.05) is 0 Å². The van der Waals surface area contributed by atoms with Crippen LogP contribution in [-0.2, 0) is 4.79 Å². The second kappa shape index (κ2) is 3.92. The molecular formula is C5H11NOS. The molecule has 0 bridgehead atoms. The average molecular weight is 133 g/mol. The monoisotopic (exact) mass is 133 g/mol. The van der Waals surface area contributed by atoms with Crippen LogP contribution in [0.3, 0.4) is 0 Å². The van der Waals surface area contributed by atoms with Crippen LogP contribution >= 0.6 is 12.6 Å². The summed E-state index contributed by atoms with van der Waals surface area (Å²) in [4.78, 5) is 10.4. The van der Waals surface area contributed by atoms with Crippen LogP contribution in [0.15, 0.2) is 0 Å². The number of carbonyl (C=O) groups excluding carboxylic acids is 1. The van der Waals surface area contributed by atoms with Gasteiger partial charge in [-0.1, -0.05) is 0 Å². The summed E-state index contributed by atoms with van der Waals surface area (Å²) in [5.41, 5.74) is 5.33. The van der Waals surface area contributed by atoms with Gasteiger partial charge in [0.25, 0.3) is 0 Å². The van der Waals surface area contributed by atoms with Gasteiger partial charge in [0.2, 0.25) is 0 Å². The zero-order valence-electron chi connectivity index (χ0n) is 4.92. The topological polar surface area (TPSA) is 43.1 Å². The molecule has 0 aliphatic carbocycles. The van der Waals surface area contributed by atoms with Crippen LogP contribution in [0.1, 0.15) is 13.3 Å². The van der Waals surface area contributed by atoms with Crippen molar-refractivity contribution >= 4 is 18.4 Å². The van der Waals surface area contributed by atoms with E-state index in [1.807, 2.05) is 0 Å². The van der Waals surface area contributed by atoms with Crippen LogP contribution in [0.25, 0.3) is 0 Å². The van der Waals surface area contributed by atoms with Gasteiger partial charge < -0.3 is 5.73 Å². The molecule has 48 valence electrons. The maximum Gasteiger partial charge on any atom is 0.146 e. The van der Waals surface area contributed by atoms with Crippen molar-refractivity contribution in [2.45, 2.75) is 19.4 Å². The molecule has 0 radical (unpaired) electrons. The second-order valence-corrected chi connectivity index (χ2v) is 2.18. The van der Waals surface area contributed by atoms with Crippen molar-refractivity contribution < 1.29 is 4.79 Å². The third-order valence-corrected chi connectivity index (χ3v) is 1.22. The Balaban J connectivity index is 3.32. The fraction of sp³-hybridized carbons (Fsp3) is 0.800. The molecule has 0 fully saturated rings. The third kappa shape index (κ3) is 3.04. The molecule has 2 N–H and O–H groups in total. The fourth-order valence-corrected chi connectivity index (χ4v) is 0.621. The largest absolute Gasteiger partial charge is 0.321 e. The van der Waals surface area contributed by atoms with E-state index in [1.54, 1.807) is 0 Å². The maximum absolute atomic E-state index is 10.4. The van der Waals surface area contributed by atoms with E-state index in [1.165, 1.54) is 6.92 Å². The van der Waals surface area contributed by atoms with E-state index in [4.69, 9.17) is 5.73 Å². The fourth-order valence-electron chi connectivity index (χ4n) is 0.342. The summed E-state index contributed by atoms with van der Waals surface area (Å²) in [6.45, 7) is 1.49. The molecule has 0 saturated carbocycles. The zero-order chi connectivity index (χ0) is 6.57. The molecule has 0 spiro atoms. The molecule has 0 saturated heterocycles. The van der Waals surface area contributed by atoms with E-state index in [9.17, 15) is 4.79 Å². The first kappa shape index (κ1) is 7.98. The predicted molar refractivity (Wildman–Crippen MR) is 37.1 cm³/mol. The van der Waals surface area contributed by atoms with Crippen molar-refractivity contribution in [1.82, 2.24) is 0 Å². The van der Waals surface area contributed by atoms with Gasteiger partial charge in [-0.3, -0.25) is 4.79 Å². The molecule has 3 heteroatoms. The summed E-state index contributed by atoms with van der Waals surface area (Å²) in [5, 5.41) is 0. The first-order valence-corrected chi connectivity index (χ1v) is 3.18. The molecule has 0 aromatic carbocycles. The Morgan fingerprint density at radius 3 is 2.50 bits per heavy atom. The van der Waals surface area contributed by atoms with E-state index in [2.05, 4.69) is 12.6 Å². The van der Waals surface area contributed by atoms with Crippen LogP contribution in [0.2, 0.25) is 0 Å². The van der Waals surface area contributed by atoms with Crippen molar-refractivity contribution in [3.8, 4) is 0 Å². The molecule has 0 amide bonds. The van der Waals surface area contributed by atoms with E-state index in [-0.39, 0.29) is 11.8 Å². The SMILES string of the molecule is CC(=O)C(N)CCS. The quantitative estimate of drug-likeness (QED) is 0.541. The number of carbonyl (C=O) groups is 1. The Hall–Kier alpha value is -0.0200. The number of rotatable bonds is 3. The highest BCUT2D eigenvalue weighted by molar-refractivity contribution is 7.80. The second-order valence-electron chi connectivity index (χ2n) is 1.73. The lowest BCUT2D eigenvalue weighted by Gasteiger charge is -2.02. The smallest absolute Gasteiger partial charge is 0.146 e. The van der Waals surface area contributed by atoms with Crippen molar-refractivity contribution in [3.05, 3.63) is 0 Å². The highest BCUT2D eigenvalue weighted by atomic mass is 32.1. The summed E-state index contributed by atoms with van der Waals surface area (Å²) in [6.07, 6.45) is 0.679. The highest BCUT2D eigenvalue weighted by Gasteiger charge is 2.04. The molecule has 1 atom stereocenters. The van der Waals surface area contributed by atoms with Gasteiger partial charge in [-0.25, -0.2) is 0 Å². The first-order valence-electron chi connectivity index (χ1n) is 2.55. The number of Topliss-reactive ketones (excluding diaryl/α,β-unsaturated/α-hetero) is 1. The predicted octanol–water partition coefficient (Wildman–Crippen LogP) is 0.223. The lowest BCUT2D eigenvalue weighted by molar-refractivity contribution is -0.118. The number of nitrogens with two attached hydrogens (primary N) is 1. The minimum atomic E-state index is -0.299. The Kier molecular flexibility index (Phi) is 3.91. The zero-order valence-corrected chi connectivity index (χ0v) is 5.82. The number of hydrogen-bond acceptors (Lipinski definition) is 3. The van der Waals surface area contributed by atoms with Gasteiger partial charge in [-0.05, 0) is 19.1 Å². The number of ketones is 1. The van der Waals surface area contributed by atoms with E-state index in [0.717, 1.165) is 0 Å². The van der Waals surface area contributed by atoms with E-state index in [0.29, 0.717) is 12.2 Å². The van der Waals surface area contributed by atoms with Crippen LogP contribution < -0.4 is 5.73 Å². The minimum absolute atomic E-state index is 0.0408. The maximum atomic E-state index is 10.4. The van der Waals surface area contributed by atoms with Crippen molar-refractivity contribution in [1.29, 1.82) is 0 Å². The first-order chi connectivity index (χ1) is 3.68. The lowest BCUT2D eigenvalue weighted by Crippen LogP contribution is -2.28. The van der Waals surface area contributed by atoms with Crippen molar-refractivity contribution in [2.24, 2.45) is 5.73 Å². The standard InChI is InChI=1S/C5H11NOS/c1-4(7)5(6)2-3-8/h5,8H,2-3,6H2,1H3. The Morgan fingerprint density at radius 2 is 2.38 bits per heavy atom. The summed E-state index contributed by atoms with van der Waals surface area (Å²) in [5.74, 6) is 0.722. The van der Waals surface area contributed by atoms with Gasteiger partial charge in [-0.15, -0.1) is 0 Å². The van der Waals surface area contributed by atoms with Gasteiger partial charge in [0.15, 0.2) is 0 Å². The van der Waals surface area contributed by atoms with Crippen LogP contribution in [0.4, 0.5) is 0 Å². The van der Waals surface area contributed by atoms with Crippen molar-refractivity contribution in [2.75, 3.05) is 5.75 Å². The van der Waals surface area contributed by atoms with Crippen LogP contribution in [0.5, 0.6) is 0 Å². The summed E-state index contributed by atoms with van der Waals surface area (Å²) in [7, 11) is 0. The van der Waals surface area contributed by atoms with Gasteiger partial charge >= 0.3 is 0 Å². The molecular weight excluding hydrogens is 122 g/mol. The summed E-state index contributed by atoms with van der Waals surface area (Å²) in [6, 6.07) is -0.299. The minimum Gasteiger partial charge on any atom is -0.321 e.